The lowest BCUT2D eigenvalue weighted by Gasteiger charge is -2.15. The molecule has 0 aromatic heterocycles. The molecule has 1 heterocycles. The Labute approximate surface area is 84.7 Å². The Balaban J connectivity index is 2.53. The summed E-state index contributed by atoms with van der Waals surface area (Å²) in [5.41, 5.74) is 5.38. The van der Waals surface area contributed by atoms with Gasteiger partial charge in [0.25, 0.3) is 5.91 Å². The molecular formula is C9H8FN3O2. The van der Waals surface area contributed by atoms with Gasteiger partial charge in [-0.15, -0.1) is 0 Å². The SMILES string of the molecule is Nc1cccc(F)c1N1C(=O)CNC1=O. The van der Waals surface area contributed by atoms with E-state index in [9.17, 15) is 14.0 Å². The first kappa shape index (κ1) is 9.45. The smallest absolute Gasteiger partial charge is 0.329 e. The average Bonchev–Trinajstić information content (AvgIpc) is 2.49. The van der Waals surface area contributed by atoms with Crippen LogP contribution in [0.5, 0.6) is 0 Å². The molecule has 0 atom stereocenters. The van der Waals surface area contributed by atoms with Crippen molar-refractivity contribution in [3.8, 4) is 0 Å². The van der Waals surface area contributed by atoms with Crippen molar-refractivity contribution < 1.29 is 14.0 Å². The lowest BCUT2D eigenvalue weighted by atomic mass is 10.2. The second kappa shape index (κ2) is 3.23. The fraction of sp³-hybridized carbons (Fsp3) is 0.111. The van der Waals surface area contributed by atoms with Gasteiger partial charge in [0, 0.05) is 0 Å². The van der Waals surface area contributed by atoms with Crippen LogP contribution in [0.3, 0.4) is 0 Å². The predicted octanol–water partition coefficient (Wildman–Crippen LogP) is 0.464. The molecule has 0 bridgehead atoms. The van der Waals surface area contributed by atoms with Crippen molar-refractivity contribution in [2.45, 2.75) is 0 Å². The summed E-state index contributed by atoms with van der Waals surface area (Å²) in [4.78, 5) is 23.3. The van der Waals surface area contributed by atoms with E-state index in [1.807, 2.05) is 0 Å². The summed E-state index contributed by atoms with van der Waals surface area (Å²) >= 11 is 0. The second-order valence-electron chi connectivity index (χ2n) is 3.07. The van der Waals surface area contributed by atoms with Crippen LogP contribution in [0, 0.1) is 5.82 Å². The average molecular weight is 209 g/mol. The van der Waals surface area contributed by atoms with Gasteiger partial charge in [0.1, 0.15) is 11.5 Å². The molecule has 0 saturated carbocycles. The number of para-hydroxylation sites is 1. The predicted molar refractivity (Wildman–Crippen MR) is 51.7 cm³/mol. The summed E-state index contributed by atoms with van der Waals surface area (Å²) in [6.45, 7) is -0.132. The number of nitrogens with one attached hydrogen (secondary N) is 1. The number of amides is 3. The maximum Gasteiger partial charge on any atom is 0.329 e. The highest BCUT2D eigenvalue weighted by Gasteiger charge is 2.33. The van der Waals surface area contributed by atoms with Crippen LogP contribution in [-0.4, -0.2) is 18.5 Å². The molecule has 3 N–H and O–H groups in total. The Morgan fingerprint density at radius 2 is 2.13 bits per heavy atom. The van der Waals surface area contributed by atoms with Gasteiger partial charge in [-0.25, -0.2) is 14.1 Å². The number of carbonyl (C=O) groups excluding carboxylic acids is 2. The third-order valence-corrected chi connectivity index (χ3v) is 2.08. The van der Waals surface area contributed by atoms with Crippen molar-refractivity contribution in [3.63, 3.8) is 0 Å². The topological polar surface area (TPSA) is 75.4 Å². The standard InChI is InChI=1S/C9H8FN3O2/c10-5-2-1-3-6(11)8(5)13-7(14)4-12-9(13)15/h1-3H,4,11H2,(H,12,15). The number of rotatable bonds is 1. The number of halogens is 1. The van der Waals surface area contributed by atoms with Crippen LogP contribution in [0.25, 0.3) is 0 Å². The summed E-state index contributed by atoms with van der Waals surface area (Å²) in [5.74, 6) is -1.21. The summed E-state index contributed by atoms with van der Waals surface area (Å²) in [6, 6.07) is 3.32. The molecule has 78 valence electrons. The molecule has 0 aliphatic carbocycles. The van der Waals surface area contributed by atoms with Gasteiger partial charge in [0.05, 0.1) is 12.2 Å². The molecule has 1 aliphatic rings. The van der Waals surface area contributed by atoms with E-state index in [1.165, 1.54) is 12.1 Å². The first-order chi connectivity index (χ1) is 7.11. The quantitative estimate of drug-likeness (QED) is 0.521. The molecule has 5 nitrogen and oxygen atoms in total. The van der Waals surface area contributed by atoms with Gasteiger partial charge in [-0.3, -0.25) is 4.79 Å². The maximum absolute atomic E-state index is 13.4. The number of nitrogens with zero attached hydrogens (tertiary/aromatic N) is 1. The zero-order valence-corrected chi connectivity index (χ0v) is 7.66. The van der Waals surface area contributed by atoms with Crippen LogP contribution >= 0.6 is 0 Å². The van der Waals surface area contributed by atoms with Crippen LogP contribution in [0.1, 0.15) is 0 Å². The molecule has 0 spiro atoms. The first-order valence-corrected chi connectivity index (χ1v) is 4.26. The highest BCUT2D eigenvalue weighted by molar-refractivity contribution is 6.21. The lowest BCUT2D eigenvalue weighted by molar-refractivity contribution is -0.115. The molecule has 2 rings (SSSR count). The normalized spacial score (nSPS) is 15.7. The number of urea groups is 1. The third-order valence-electron chi connectivity index (χ3n) is 2.08. The van der Waals surface area contributed by atoms with Crippen molar-refractivity contribution in [2.24, 2.45) is 0 Å². The minimum Gasteiger partial charge on any atom is -0.397 e. The fourth-order valence-electron chi connectivity index (χ4n) is 1.42. The van der Waals surface area contributed by atoms with E-state index in [2.05, 4.69) is 5.32 Å². The number of imide groups is 1. The van der Waals surface area contributed by atoms with Crippen molar-refractivity contribution in [2.75, 3.05) is 17.2 Å². The van der Waals surface area contributed by atoms with Crippen molar-refractivity contribution >= 4 is 23.3 Å². The van der Waals surface area contributed by atoms with Crippen molar-refractivity contribution in [1.29, 1.82) is 0 Å². The van der Waals surface area contributed by atoms with Crippen LogP contribution in [0.2, 0.25) is 0 Å². The highest BCUT2D eigenvalue weighted by Crippen LogP contribution is 2.27. The van der Waals surface area contributed by atoms with Crippen LogP contribution < -0.4 is 16.0 Å². The molecule has 15 heavy (non-hydrogen) atoms. The number of anilines is 2. The Kier molecular flexibility index (Phi) is 2.03. The molecule has 6 heteroatoms. The van der Waals surface area contributed by atoms with E-state index >= 15 is 0 Å². The molecule has 3 amide bonds. The zero-order valence-electron chi connectivity index (χ0n) is 7.66. The van der Waals surface area contributed by atoms with Crippen molar-refractivity contribution in [1.82, 2.24) is 5.32 Å². The molecule has 1 aliphatic heterocycles. The van der Waals surface area contributed by atoms with Crippen LogP contribution in [-0.2, 0) is 4.79 Å². The number of hydrogen-bond acceptors (Lipinski definition) is 3. The zero-order chi connectivity index (χ0) is 11.0. The Morgan fingerprint density at radius 1 is 1.40 bits per heavy atom. The van der Waals surface area contributed by atoms with Gasteiger partial charge in [-0.2, -0.15) is 0 Å². The highest BCUT2D eigenvalue weighted by atomic mass is 19.1. The number of nitrogen functional groups attached to an aromatic ring is 1. The summed E-state index contributed by atoms with van der Waals surface area (Å²) < 4.78 is 13.4. The van der Waals surface area contributed by atoms with E-state index in [0.717, 1.165) is 6.07 Å². The van der Waals surface area contributed by atoms with Gasteiger partial charge >= 0.3 is 6.03 Å². The van der Waals surface area contributed by atoms with Crippen molar-refractivity contribution in [3.05, 3.63) is 24.0 Å². The van der Waals surface area contributed by atoms with Crippen LogP contribution in [0.15, 0.2) is 18.2 Å². The lowest BCUT2D eigenvalue weighted by Crippen LogP contribution is -2.32. The van der Waals surface area contributed by atoms with Gasteiger partial charge in [-0.1, -0.05) is 6.07 Å². The maximum atomic E-state index is 13.4. The van der Waals surface area contributed by atoms with E-state index in [4.69, 9.17) is 5.73 Å². The van der Waals surface area contributed by atoms with E-state index in [1.54, 1.807) is 0 Å². The number of hydrogen-bond donors (Lipinski definition) is 2. The number of carbonyl (C=O) groups is 2. The summed E-state index contributed by atoms with van der Waals surface area (Å²) in [7, 11) is 0. The van der Waals surface area contributed by atoms with Gasteiger partial charge in [-0.05, 0) is 12.1 Å². The molecule has 0 unspecified atom stereocenters. The summed E-state index contributed by atoms with van der Waals surface area (Å²) in [6.07, 6.45) is 0. The molecule has 1 fully saturated rings. The Morgan fingerprint density at radius 3 is 2.67 bits per heavy atom. The first-order valence-electron chi connectivity index (χ1n) is 4.26. The number of nitrogens with two attached hydrogens (primary N) is 1. The van der Waals surface area contributed by atoms with Gasteiger partial charge in [0.15, 0.2) is 0 Å². The van der Waals surface area contributed by atoms with E-state index in [-0.39, 0.29) is 17.9 Å². The molecular weight excluding hydrogens is 201 g/mol. The monoisotopic (exact) mass is 209 g/mol. The Hall–Kier alpha value is -2.11. The Bertz CT molecular complexity index is 411. The van der Waals surface area contributed by atoms with Gasteiger partial charge < -0.3 is 11.1 Å². The molecule has 1 saturated heterocycles. The second-order valence-corrected chi connectivity index (χ2v) is 3.07. The van der Waals surface area contributed by atoms with E-state index in [0.29, 0.717) is 4.90 Å². The molecule has 0 radical (unpaired) electrons. The minimum absolute atomic E-state index is 0.0559. The fourth-order valence-corrected chi connectivity index (χ4v) is 1.42. The number of benzene rings is 1. The summed E-state index contributed by atoms with van der Waals surface area (Å²) in [5, 5.41) is 2.29. The molecule has 1 aromatic rings. The third kappa shape index (κ3) is 1.39. The van der Waals surface area contributed by atoms with Gasteiger partial charge in [0.2, 0.25) is 0 Å². The van der Waals surface area contributed by atoms with E-state index < -0.39 is 17.8 Å². The minimum atomic E-state index is -0.694. The molecule has 1 aromatic carbocycles. The van der Waals surface area contributed by atoms with Crippen LogP contribution in [0.4, 0.5) is 20.6 Å². The largest absolute Gasteiger partial charge is 0.397 e.